The summed E-state index contributed by atoms with van der Waals surface area (Å²) in [5.41, 5.74) is 5.78. The number of piperidine rings is 2. The maximum atomic E-state index is 13.0. The maximum absolute atomic E-state index is 13.0. The van der Waals surface area contributed by atoms with Crippen LogP contribution >= 0.6 is 11.6 Å². The van der Waals surface area contributed by atoms with E-state index in [-0.39, 0.29) is 11.8 Å². The lowest BCUT2D eigenvalue weighted by Gasteiger charge is -2.45. The second kappa shape index (κ2) is 9.98. The molecule has 2 saturated heterocycles. The minimum Gasteiger partial charge on any atom is -0.496 e. The lowest BCUT2D eigenvalue weighted by Crippen LogP contribution is -2.53. The Morgan fingerprint density at radius 2 is 1.83 bits per heavy atom. The van der Waals surface area contributed by atoms with Crippen LogP contribution in [-0.2, 0) is 9.53 Å². The molecule has 2 aliphatic heterocycles. The molecule has 166 valence electrons. The maximum Gasteiger partial charge on any atom is 0.257 e. The quantitative estimate of drug-likeness (QED) is 0.708. The van der Waals surface area contributed by atoms with Gasteiger partial charge in [0.2, 0.25) is 5.91 Å². The summed E-state index contributed by atoms with van der Waals surface area (Å²) in [5, 5.41) is 0.522. The van der Waals surface area contributed by atoms with Gasteiger partial charge in [-0.25, -0.2) is 0 Å². The molecule has 0 saturated carbocycles. The second-order valence-corrected chi connectivity index (χ2v) is 8.73. The predicted molar refractivity (Wildman–Crippen MR) is 116 cm³/mol. The Bertz CT molecular complexity index is 757. The summed E-state index contributed by atoms with van der Waals surface area (Å²) in [6.07, 6.45) is 4.04. The molecule has 0 aliphatic carbocycles. The van der Waals surface area contributed by atoms with Crippen molar-refractivity contribution in [1.82, 2.24) is 9.80 Å². The first kappa shape index (κ1) is 22.8. The number of ether oxygens (including phenoxy) is 2. The van der Waals surface area contributed by atoms with E-state index >= 15 is 0 Å². The third kappa shape index (κ3) is 4.90. The fraction of sp³-hybridized carbons (Fsp3) is 0.636. The number of nitrogens with two attached hydrogens (primary N) is 1. The van der Waals surface area contributed by atoms with Crippen molar-refractivity contribution in [1.29, 1.82) is 0 Å². The highest BCUT2D eigenvalue weighted by atomic mass is 35.5. The molecule has 7 nitrogen and oxygen atoms in total. The van der Waals surface area contributed by atoms with E-state index < -0.39 is 5.41 Å². The molecule has 0 aromatic heterocycles. The third-order valence-corrected chi connectivity index (χ3v) is 6.96. The number of primary amides is 1. The lowest BCUT2D eigenvalue weighted by atomic mass is 9.74. The molecule has 0 unspecified atom stereocenters. The highest BCUT2D eigenvalue weighted by molar-refractivity contribution is 6.31. The van der Waals surface area contributed by atoms with Crippen LogP contribution in [0.5, 0.6) is 5.75 Å². The minimum atomic E-state index is -0.452. The first-order valence-corrected chi connectivity index (χ1v) is 10.9. The molecule has 2 fully saturated rings. The topological polar surface area (TPSA) is 85.1 Å². The molecular formula is C22H32ClN3O4. The number of likely N-dealkylation sites (tertiary alicyclic amines) is 2. The zero-order valence-electron chi connectivity index (χ0n) is 17.9. The van der Waals surface area contributed by atoms with Gasteiger partial charge in [-0.15, -0.1) is 0 Å². The number of halogens is 1. The van der Waals surface area contributed by atoms with Crippen LogP contribution in [0.15, 0.2) is 18.2 Å². The Labute approximate surface area is 183 Å². The van der Waals surface area contributed by atoms with E-state index in [1.165, 1.54) is 0 Å². The van der Waals surface area contributed by atoms with Crippen molar-refractivity contribution in [2.45, 2.75) is 38.1 Å². The van der Waals surface area contributed by atoms with Gasteiger partial charge in [0.15, 0.2) is 0 Å². The van der Waals surface area contributed by atoms with Gasteiger partial charge < -0.3 is 25.0 Å². The molecule has 3 rings (SSSR count). The monoisotopic (exact) mass is 437 g/mol. The number of hydrogen-bond acceptors (Lipinski definition) is 5. The fourth-order valence-electron chi connectivity index (χ4n) is 4.69. The molecule has 1 aromatic rings. The van der Waals surface area contributed by atoms with Crippen molar-refractivity contribution >= 4 is 23.4 Å². The number of benzene rings is 1. The highest BCUT2D eigenvalue weighted by Crippen LogP contribution is 2.36. The van der Waals surface area contributed by atoms with Gasteiger partial charge in [0.05, 0.1) is 18.1 Å². The van der Waals surface area contributed by atoms with Crippen LogP contribution in [0.3, 0.4) is 0 Å². The molecule has 0 spiro atoms. The van der Waals surface area contributed by atoms with E-state index in [4.69, 9.17) is 26.8 Å². The molecule has 2 aliphatic rings. The molecule has 0 radical (unpaired) electrons. The van der Waals surface area contributed by atoms with Crippen LogP contribution in [0.2, 0.25) is 5.02 Å². The van der Waals surface area contributed by atoms with Crippen LogP contribution < -0.4 is 10.5 Å². The van der Waals surface area contributed by atoms with E-state index in [0.29, 0.717) is 48.5 Å². The van der Waals surface area contributed by atoms with E-state index in [2.05, 4.69) is 4.90 Å². The predicted octanol–water partition coefficient (Wildman–Crippen LogP) is 2.56. The van der Waals surface area contributed by atoms with E-state index in [9.17, 15) is 9.59 Å². The number of amides is 2. The Balaban J connectivity index is 1.56. The van der Waals surface area contributed by atoms with Crippen molar-refractivity contribution in [2.75, 3.05) is 47.0 Å². The number of hydrogen-bond donors (Lipinski definition) is 1. The average Bonchev–Trinajstić information content (AvgIpc) is 2.77. The standard InChI is InChI=1S/C22H32ClN3O4/c1-29-14-9-22(21(24)28)7-12-25(13-8-22)17-5-10-26(11-6-17)20(27)18-15-16(23)3-4-19(18)30-2/h3-4,15,17H,5-14H2,1-2H3,(H2,24,28). The number of rotatable bonds is 7. The molecule has 2 N–H and O–H groups in total. The highest BCUT2D eigenvalue weighted by Gasteiger charge is 2.41. The molecule has 1 aromatic carbocycles. The van der Waals surface area contributed by atoms with E-state index in [1.54, 1.807) is 32.4 Å². The molecular weight excluding hydrogens is 406 g/mol. The van der Waals surface area contributed by atoms with Crippen LogP contribution in [0, 0.1) is 5.41 Å². The molecule has 30 heavy (non-hydrogen) atoms. The Morgan fingerprint density at radius 3 is 2.40 bits per heavy atom. The minimum absolute atomic E-state index is 0.0428. The Kier molecular flexibility index (Phi) is 7.60. The smallest absolute Gasteiger partial charge is 0.257 e. The summed E-state index contributed by atoms with van der Waals surface area (Å²) >= 11 is 6.08. The van der Waals surface area contributed by atoms with Gasteiger partial charge in [0.1, 0.15) is 5.75 Å². The van der Waals surface area contributed by atoms with Gasteiger partial charge in [-0.1, -0.05) is 11.6 Å². The van der Waals surface area contributed by atoms with Crippen molar-refractivity contribution in [3.63, 3.8) is 0 Å². The van der Waals surface area contributed by atoms with E-state index in [0.717, 1.165) is 38.8 Å². The average molecular weight is 438 g/mol. The summed E-state index contributed by atoms with van der Waals surface area (Å²) in [5.74, 6) is 0.287. The largest absolute Gasteiger partial charge is 0.496 e. The van der Waals surface area contributed by atoms with Crippen molar-refractivity contribution in [2.24, 2.45) is 11.1 Å². The molecule has 0 atom stereocenters. The third-order valence-electron chi connectivity index (χ3n) is 6.72. The first-order valence-electron chi connectivity index (χ1n) is 10.6. The normalized spacial score (nSPS) is 20.2. The molecule has 0 bridgehead atoms. The summed E-state index contributed by atoms with van der Waals surface area (Å²) in [7, 11) is 3.21. The van der Waals surface area contributed by atoms with Gasteiger partial charge in [0.25, 0.3) is 5.91 Å². The SMILES string of the molecule is COCCC1(C(N)=O)CCN(C2CCN(C(=O)c3cc(Cl)ccc3OC)CC2)CC1. The summed E-state index contributed by atoms with van der Waals surface area (Å²) in [6.45, 7) is 3.65. The van der Waals surface area contributed by atoms with Crippen LogP contribution in [0.1, 0.15) is 42.5 Å². The number of carbonyl (C=O) groups is 2. The number of methoxy groups -OCH3 is 2. The van der Waals surface area contributed by atoms with Crippen molar-refractivity contribution in [3.8, 4) is 5.75 Å². The zero-order chi connectivity index (χ0) is 21.7. The Hall–Kier alpha value is -1.83. The fourth-order valence-corrected chi connectivity index (χ4v) is 4.86. The number of carbonyl (C=O) groups excluding carboxylic acids is 2. The Morgan fingerprint density at radius 1 is 1.17 bits per heavy atom. The molecule has 8 heteroatoms. The zero-order valence-corrected chi connectivity index (χ0v) is 18.6. The number of nitrogens with zero attached hydrogens (tertiary/aromatic N) is 2. The van der Waals surface area contributed by atoms with Crippen LogP contribution in [0.25, 0.3) is 0 Å². The van der Waals surface area contributed by atoms with Crippen molar-refractivity contribution in [3.05, 3.63) is 28.8 Å². The summed E-state index contributed by atoms with van der Waals surface area (Å²) in [4.78, 5) is 29.4. The van der Waals surface area contributed by atoms with Gasteiger partial charge in [-0.05, 0) is 63.4 Å². The van der Waals surface area contributed by atoms with E-state index in [1.807, 2.05) is 4.90 Å². The van der Waals surface area contributed by atoms with Crippen molar-refractivity contribution < 1.29 is 19.1 Å². The van der Waals surface area contributed by atoms with Gasteiger partial charge in [-0.2, -0.15) is 0 Å². The summed E-state index contributed by atoms with van der Waals surface area (Å²) < 4.78 is 10.5. The lowest BCUT2D eigenvalue weighted by molar-refractivity contribution is -0.132. The molecule has 2 amide bonds. The molecule has 2 heterocycles. The van der Waals surface area contributed by atoms with Crippen LogP contribution in [0.4, 0.5) is 0 Å². The first-order chi connectivity index (χ1) is 14.4. The summed E-state index contributed by atoms with van der Waals surface area (Å²) in [6, 6.07) is 5.54. The second-order valence-electron chi connectivity index (χ2n) is 8.29. The van der Waals surface area contributed by atoms with Gasteiger partial charge >= 0.3 is 0 Å². The van der Waals surface area contributed by atoms with Gasteiger partial charge in [-0.3, -0.25) is 9.59 Å². The van der Waals surface area contributed by atoms with Crippen LogP contribution in [-0.4, -0.2) is 74.7 Å². The van der Waals surface area contributed by atoms with Gasteiger partial charge in [0, 0.05) is 37.9 Å².